The molecule has 0 unspecified atom stereocenters. The zero-order valence-corrected chi connectivity index (χ0v) is 28.7. The normalized spacial score (nSPS) is 18.8. The van der Waals surface area contributed by atoms with Crippen molar-refractivity contribution in [3.8, 4) is 0 Å². The van der Waals surface area contributed by atoms with Gasteiger partial charge in [0.25, 0.3) is 0 Å². The molecule has 17 heteroatoms. The Kier molecular flexibility index (Phi) is 9.28. The number of anilines is 2. The molecule has 3 heterocycles. The molecule has 0 radical (unpaired) electrons. The number of esters is 1. The zero-order chi connectivity index (χ0) is 34.5. The van der Waals surface area contributed by atoms with Crippen molar-refractivity contribution in [1.29, 1.82) is 0 Å². The number of aromatic nitrogens is 1. The van der Waals surface area contributed by atoms with Gasteiger partial charge in [0.1, 0.15) is 11.8 Å². The summed E-state index contributed by atoms with van der Waals surface area (Å²) >= 11 is 14.9. The summed E-state index contributed by atoms with van der Waals surface area (Å²) in [6, 6.07) is 16.0. The Hall–Kier alpha value is -3.99. The lowest BCUT2D eigenvalue weighted by atomic mass is 9.83. The van der Waals surface area contributed by atoms with Gasteiger partial charge in [0.05, 0.1) is 43.7 Å². The molecule has 2 aliphatic heterocycles. The lowest BCUT2D eigenvalue weighted by Crippen LogP contribution is -2.33. The molecule has 3 amide bonds. The van der Waals surface area contributed by atoms with E-state index in [0.717, 1.165) is 28.0 Å². The molecule has 2 aliphatic rings. The predicted molar refractivity (Wildman–Crippen MR) is 181 cm³/mol. The van der Waals surface area contributed by atoms with Gasteiger partial charge >= 0.3 is 10.8 Å². The number of carbonyl (C=O) groups is 4. The van der Waals surface area contributed by atoms with Crippen LogP contribution >= 0.6 is 46.3 Å². The number of nitrogens with two attached hydrogens (primary N) is 1. The molecule has 1 aromatic heterocycles. The molecule has 3 N–H and O–H groups in total. The Labute approximate surface area is 291 Å². The maximum atomic E-state index is 14.2. The van der Waals surface area contributed by atoms with Crippen LogP contribution in [0.5, 0.6) is 0 Å². The molecule has 248 valence electrons. The minimum atomic E-state index is -3.93. The van der Waals surface area contributed by atoms with Crippen molar-refractivity contribution < 1.29 is 32.3 Å². The van der Waals surface area contributed by atoms with E-state index in [1.54, 1.807) is 25.1 Å². The van der Waals surface area contributed by atoms with Crippen LogP contribution in [0.25, 0.3) is 0 Å². The first-order valence-electron chi connectivity index (χ1n) is 14.2. The molecule has 1 saturated heterocycles. The maximum absolute atomic E-state index is 14.2. The first-order valence-corrected chi connectivity index (χ1v) is 18.2. The summed E-state index contributed by atoms with van der Waals surface area (Å²) in [5.41, 5.74) is 1.20. The van der Waals surface area contributed by atoms with Crippen molar-refractivity contribution in [3.63, 3.8) is 0 Å². The predicted octanol–water partition coefficient (Wildman–Crippen LogP) is 4.48. The van der Waals surface area contributed by atoms with E-state index in [-0.39, 0.29) is 38.5 Å². The lowest BCUT2D eigenvalue weighted by molar-refractivity contribution is -0.122. The topological polar surface area (TPSA) is 175 Å². The van der Waals surface area contributed by atoms with Crippen LogP contribution in [0.4, 0.5) is 11.4 Å². The quantitative estimate of drug-likeness (QED) is 0.195. The van der Waals surface area contributed by atoms with Gasteiger partial charge in [0, 0.05) is 16.5 Å². The third kappa shape index (κ3) is 6.17. The highest BCUT2D eigenvalue weighted by Gasteiger charge is 2.57. The van der Waals surface area contributed by atoms with E-state index in [4.69, 9.17) is 33.1 Å². The zero-order valence-electron chi connectivity index (χ0n) is 24.7. The van der Waals surface area contributed by atoms with Crippen molar-refractivity contribution in [1.82, 2.24) is 4.57 Å². The summed E-state index contributed by atoms with van der Waals surface area (Å²) in [4.78, 5) is 67.7. The van der Waals surface area contributed by atoms with Crippen LogP contribution in [-0.4, -0.2) is 48.5 Å². The molecule has 0 aliphatic carbocycles. The lowest BCUT2D eigenvalue weighted by Gasteiger charge is -2.31. The second-order valence-electron chi connectivity index (χ2n) is 10.7. The number of rotatable bonds is 8. The first kappa shape index (κ1) is 33.9. The van der Waals surface area contributed by atoms with Gasteiger partial charge in [-0.2, -0.15) is 0 Å². The number of benzene rings is 3. The number of sulfonamides is 1. The van der Waals surface area contributed by atoms with Gasteiger partial charge in [-0.3, -0.25) is 23.7 Å². The van der Waals surface area contributed by atoms with Crippen LogP contribution in [0.15, 0.2) is 81.4 Å². The van der Waals surface area contributed by atoms with Gasteiger partial charge in [0.2, 0.25) is 27.7 Å². The Morgan fingerprint density at radius 3 is 2.31 bits per heavy atom. The molecule has 0 bridgehead atoms. The molecule has 48 heavy (non-hydrogen) atoms. The second-order valence-corrected chi connectivity index (χ2v) is 15.2. The minimum absolute atomic E-state index is 0.139. The van der Waals surface area contributed by atoms with E-state index in [9.17, 15) is 32.4 Å². The molecule has 0 saturated carbocycles. The van der Waals surface area contributed by atoms with Crippen molar-refractivity contribution in [2.75, 3.05) is 16.8 Å². The average Bonchev–Trinajstić information content (AvgIpc) is 3.48. The third-order valence-corrected chi connectivity index (χ3v) is 12.1. The number of halogens is 2. The fourth-order valence-corrected chi connectivity index (χ4v) is 9.34. The van der Waals surface area contributed by atoms with Crippen LogP contribution in [0.1, 0.15) is 33.6 Å². The highest BCUT2D eigenvalue weighted by molar-refractivity contribution is 8.00. The number of imide groups is 1. The van der Waals surface area contributed by atoms with E-state index >= 15 is 0 Å². The van der Waals surface area contributed by atoms with E-state index in [2.05, 4.69) is 5.32 Å². The number of thiazole rings is 1. The van der Waals surface area contributed by atoms with E-state index in [1.165, 1.54) is 53.1 Å². The van der Waals surface area contributed by atoms with Gasteiger partial charge in [-0.05, 0) is 67.1 Å². The summed E-state index contributed by atoms with van der Waals surface area (Å²) in [6.07, 6.45) is 0. The van der Waals surface area contributed by atoms with Gasteiger partial charge in [-0.15, -0.1) is 0 Å². The largest absolute Gasteiger partial charge is 0.462 e. The summed E-state index contributed by atoms with van der Waals surface area (Å²) in [5.74, 6) is -4.05. The Morgan fingerprint density at radius 2 is 1.67 bits per heavy atom. The van der Waals surface area contributed by atoms with Gasteiger partial charge in [-0.25, -0.2) is 23.3 Å². The SMILES string of the molecule is CCOC(=O)c1ccc(N2C(=O)[C@H]3[C@H](c4cccc(Cl)c4Cl)c4sc(=O)n(CC(=O)Nc5ccc(S(N)(=O)=O)cc5)c4S[C@H]3C2=O)cc1. The minimum Gasteiger partial charge on any atom is -0.462 e. The number of hydrogen-bond acceptors (Lipinski definition) is 10. The van der Waals surface area contributed by atoms with Gasteiger partial charge < -0.3 is 10.1 Å². The number of amides is 3. The summed E-state index contributed by atoms with van der Waals surface area (Å²) in [6.45, 7) is 1.42. The summed E-state index contributed by atoms with van der Waals surface area (Å²) in [7, 11) is -3.93. The van der Waals surface area contributed by atoms with Crippen LogP contribution in [-0.2, 0) is 35.7 Å². The van der Waals surface area contributed by atoms with E-state index < -0.39 is 62.2 Å². The Bertz CT molecular complexity index is 2150. The average molecular weight is 748 g/mol. The Balaban J connectivity index is 1.37. The molecule has 12 nitrogen and oxygen atoms in total. The first-order chi connectivity index (χ1) is 22.8. The monoisotopic (exact) mass is 746 g/mol. The number of nitrogens with zero attached hydrogens (tertiary/aromatic N) is 2. The van der Waals surface area contributed by atoms with Crippen LogP contribution in [0.2, 0.25) is 10.0 Å². The fraction of sp³-hybridized carbons (Fsp3) is 0.194. The number of fused-ring (bicyclic) bond motifs is 2. The van der Waals surface area contributed by atoms with Crippen molar-refractivity contribution in [2.45, 2.75) is 34.6 Å². The number of carbonyl (C=O) groups excluding carboxylic acids is 4. The number of thioether (sulfide) groups is 1. The van der Waals surface area contributed by atoms with Crippen molar-refractivity contribution in [3.05, 3.63) is 102 Å². The van der Waals surface area contributed by atoms with Gasteiger partial charge in [-0.1, -0.05) is 58.4 Å². The fourth-order valence-electron chi connectivity index (χ4n) is 5.64. The third-order valence-electron chi connectivity index (χ3n) is 7.77. The molecular formula is C31H24Cl2N4O8S3. The number of primary sulfonamides is 1. The smallest absolute Gasteiger partial charge is 0.338 e. The molecule has 3 aromatic carbocycles. The van der Waals surface area contributed by atoms with Gasteiger partial charge in [0.15, 0.2) is 0 Å². The highest BCUT2D eigenvalue weighted by Crippen LogP contribution is 2.55. The highest BCUT2D eigenvalue weighted by atomic mass is 35.5. The van der Waals surface area contributed by atoms with Crippen LogP contribution in [0, 0.1) is 5.92 Å². The summed E-state index contributed by atoms with van der Waals surface area (Å²) < 4.78 is 29.4. The summed E-state index contributed by atoms with van der Waals surface area (Å²) in [5, 5.41) is 7.47. The van der Waals surface area contributed by atoms with E-state index in [0.29, 0.717) is 15.5 Å². The van der Waals surface area contributed by atoms with Crippen LogP contribution < -0.4 is 20.2 Å². The molecule has 6 rings (SSSR count). The maximum Gasteiger partial charge on any atom is 0.338 e. The number of nitrogens with one attached hydrogen (secondary N) is 1. The van der Waals surface area contributed by atoms with Crippen LogP contribution in [0.3, 0.4) is 0 Å². The van der Waals surface area contributed by atoms with E-state index in [1.807, 2.05) is 0 Å². The molecule has 3 atom stereocenters. The van der Waals surface area contributed by atoms with Crippen molar-refractivity contribution >= 4 is 91.4 Å². The molecular weight excluding hydrogens is 723 g/mol. The standard InChI is InChI=1S/C31H24Cl2N4O8S3/c1-2-45-30(41)15-6-10-17(11-7-15)37-27(39)23-22(19-4-3-5-20(32)24(19)33)26-29(46-25(23)28(37)40)36(31(42)47-26)14-21(38)35-16-8-12-18(13-9-16)48(34,43)44/h3-13,22-23,25H,2,14H2,1H3,(H,35,38)(H2,34,43,44)/t22-,23-,25+/m0/s1. The van der Waals surface area contributed by atoms with Crippen molar-refractivity contribution in [2.24, 2.45) is 11.1 Å². The molecule has 0 spiro atoms. The number of ether oxygens (including phenoxy) is 1. The number of hydrogen-bond donors (Lipinski definition) is 2. The molecule has 4 aromatic rings. The Morgan fingerprint density at radius 1 is 0.979 bits per heavy atom. The molecule has 1 fully saturated rings. The second kappa shape index (κ2) is 13.1.